The predicted molar refractivity (Wildman–Crippen MR) is 74.9 cm³/mol. The fourth-order valence-electron chi connectivity index (χ4n) is 1.90. The van der Waals surface area contributed by atoms with Crippen LogP contribution in [0.5, 0.6) is 0 Å². The van der Waals surface area contributed by atoms with Gasteiger partial charge in [0, 0.05) is 29.0 Å². The highest BCUT2D eigenvalue weighted by molar-refractivity contribution is 8.00. The van der Waals surface area contributed by atoms with Crippen molar-refractivity contribution in [2.24, 2.45) is 7.05 Å². The number of thioether (sulfide) groups is 1. The molecule has 0 aliphatic carbocycles. The molecule has 0 saturated carbocycles. The monoisotopic (exact) mass is 263 g/mol. The van der Waals surface area contributed by atoms with E-state index >= 15 is 0 Å². The highest BCUT2D eigenvalue weighted by atomic mass is 32.2. The molecule has 0 aliphatic rings. The molecule has 2 rings (SSSR count). The van der Waals surface area contributed by atoms with Crippen LogP contribution in [0.3, 0.4) is 0 Å². The Morgan fingerprint density at radius 3 is 2.89 bits per heavy atom. The maximum atomic E-state index is 11.6. The van der Waals surface area contributed by atoms with E-state index in [0.29, 0.717) is 6.61 Å². The normalized spacial score (nSPS) is 12.6. The Balaban J connectivity index is 2.24. The van der Waals surface area contributed by atoms with Crippen LogP contribution in [0.1, 0.15) is 13.8 Å². The Hall–Kier alpha value is -1.42. The highest BCUT2D eigenvalue weighted by Gasteiger charge is 2.17. The number of nitrogens with zero attached hydrogens (tertiary/aromatic N) is 1. The van der Waals surface area contributed by atoms with E-state index < -0.39 is 0 Å². The van der Waals surface area contributed by atoms with E-state index in [1.807, 2.05) is 33.0 Å². The molecule has 1 unspecified atom stereocenters. The van der Waals surface area contributed by atoms with Gasteiger partial charge in [-0.1, -0.05) is 18.2 Å². The molecule has 1 heterocycles. The topological polar surface area (TPSA) is 31.2 Å². The second-order valence-electron chi connectivity index (χ2n) is 4.13. The molecule has 0 aliphatic heterocycles. The average Bonchev–Trinajstić information content (AvgIpc) is 2.67. The number of ether oxygens (including phenoxy) is 1. The summed E-state index contributed by atoms with van der Waals surface area (Å²) in [4.78, 5) is 12.8. The van der Waals surface area contributed by atoms with Crippen LogP contribution < -0.4 is 0 Å². The van der Waals surface area contributed by atoms with Crippen molar-refractivity contribution in [3.05, 3.63) is 30.5 Å². The van der Waals surface area contributed by atoms with E-state index in [9.17, 15) is 4.79 Å². The van der Waals surface area contributed by atoms with Crippen molar-refractivity contribution in [2.45, 2.75) is 24.0 Å². The number of aryl methyl sites for hydroxylation is 1. The summed E-state index contributed by atoms with van der Waals surface area (Å²) in [5, 5.41) is 0.997. The molecule has 0 spiro atoms. The Labute approximate surface area is 111 Å². The SMILES string of the molecule is CCOC(=O)C(C)Sc1cn(C)c2ccccc12. The van der Waals surface area contributed by atoms with Crippen molar-refractivity contribution < 1.29 is 9.53 Å². The summed E-state index contributed by atoms with van der Waals surface area (Å²) < 4.78 is 7.11. The molecule has 96 valence electrons. The lowest BCUT2D eigenvalue weighted by atomic mass is 10.2. The molecule has 0 amide bonds. The van der Waals surface area contributed by atoms with Crippen LogP contribution in [0.25, 0.3) is 10.9 Å². The molecule has 18 heavy (non-hydrogen) atoms. The first-order chi connectivity index (χ1) is 8.63. The Morgan fingerprint density at radius 1 is 1.44 bits per heavy atom. The molecule has 0 N–H and O–H groups in total. The smallest absolute Gasteiger partial charge is 0.319 e. The first kappa shape index (κ1) is 13.0. The van der Waals surface area contributed by atoms with Gasteiger partial charge < -0.3 is 9.30 Å². The average molecular weight is 263 g/mol. The van der Waals surface area contributed by atoms with Gasteiger partial charge in [0.05, 0.1) is 6.61 Å². The van der Waals surface area contributed by atoms with Gasteiger partial charge in [-0.2, -0.15) is 0 Å². The number of para-hydroxylation sites is 1. The molecule has 1 aromatic carbocycles. The third-order valence-electron chi connectivity index (χ3n) is 2.78. The van der Waals surface area contributed by atoms with E-state index in [1.165, 1.54) is 10.9 Å². The van der Waals surface area contributed by atoms with Crippen LogP contribution >= 0.6 is 11.8 Å². The first-order valence-corrected chi connectivity index (χ1v) is 6.88. The van der Waals surface area contributed by atoms with Crippen LogP contribution in [-0.4, -0.2) is 22.4 Å². The molecule has 0 bridgehead atoms. The second kappa shape index (κ2) is 5.48. The van der Waals surface area contributed by atoms with Crippen molar-refractivity contribution in [1.29, 1.82) is 0 Å². The van der Waals surface area contributed by atoms with Gasteiger partial charge in [-0.05, 0) is 19.9 Å². The van der Waals surface area contributed by atoms with Crippen molar-refractivity contribution in [3.8, 4) is 0 Å². The van der Waals surface area contributed by atoms with Crippen molar-refractivity contribution in [1.82, 2.24) is 4.57 Å². The molecule has 3 nitrogen and oxygen atoms in total. The zero-order valence-corrected chi connectivity index (χ0v) is 11.7. The highest BCUT2D eigenvalue weighted by Crippen LogP contribution is 2.32. The molecule has 0 fully saturated rings. The van der Waals surface area contributed by atoms with Gasteiger partial charge in [0.2, 0.25) is 0 Å². The Kier molecular flexibility index (Phi) is 3.97. The number of hydrogen-bond acceptors (Lipinski definition) is 3. The summed E-state index contributed by atoms with van der Waals surface area (Å²) in [6.07, 6.45) is 2.06. The molecule has 1 atom stereocenters. The van der Waals surface area contributed by atoms with E-state index in [4.69, 9.17) is 4.74 Å². The number of carbonyl (C=O) groups excluding carboxylic acids is 1. The summed E-state index contributed by atoms with van der Waals surface area (Å²) >= 11 is 1.55. The molecule has 4 heteroatoms. The summed E-state index contributed by atoms with van der Waals surface area (Å²) in [7, 11) is 2.02. The number of carbonyl (C=O) groups is 1. The van der Waals surface area contributed by atoms with Crippen molar-refractivity contribution in [2.75, 3.05) is 6.61 Å². The van der Waals surface area contributed by atoms with Crippen LogP contribution in [0.2, 0.25) is 0 Å². The van der Waals surface area contributed by atoms with Gasteiger partial charge in [-0.3, -0.25) is 4.79 Å². The minimum atomic E-state index is -0.184. The minimum Gasteiger partial charge on any atom is -0.465 e. The summed E-state index contributed by atoms with van der Waals surface area (Å²) in [6, 6.07) is 8.19. The van der Waals surface area contributed by atoms with E-state index in [2.05, 4.69) is 22.9 Å². The number of fused-ring (bicyclic) bond motifs is 1. The lowest BCUT2D eigenvalue weighted by Gasteiger charge is -2.09. The summed E-state index contributed by atoms with van der Waals surface area (Å²) in [5.74, 6) is -0.157. The Bertz CT molecular complexity index is 562. The zero-order chi connectivity index (χ0) is 13.1. The van der Waals surface area contributed by atoms with Gasteiger partial charge in [0.25, 0.3) is 0 Å². The van der Waals surface area contributed by atoms with Gasteiger partial charge in [0.1, 0.15) is 5.25 Å². The molecule has 0 saturated heterocycles. The molecular weight excluding hydrogens is 246 g/mol. The standard InChI is InChI=1S/C14H17NO2S/c1-4-17-14(16)10(2)18-13-9-15(3)12-8-6-5-7-11(12)13/h5-10H,4H2,1-3H3. The predicted octanol–water partition coefficient (Wildman–Crippen LogP) is 3.22. The third-order valence-corrected chi connectivity index (χ3v) is 3.91. The fraction of sp³-hybridized carbons (Fsp3) is 0.357. The van der Waals surface area contributed by atoms with E-state index in [-0.39, 0.29) is 11.2 Å². The van der Waals surface area contributed by atoms with E-state index in [1.54, 1.807) is 11.8 Å². The summed E-state index contributed by atoms with van der Waals surface area (Å²) in [5.41, 5.74) is 1.18. The largest absolute Gasteiger partial charge is 0.465 e. The maximum Gasteiger partial charge on any atom is 0.319 e. The molecule has 2 aromatic rings. The first-order valence-electron chi connectivity index (χ1n) is 6.00. The number of benzene rings is 1. The lowest BCUT2D eigenvalue weighted by Crippen LogP contribution is -2.16. The number of aromatic nitrogens is 1. The number of hydrogen-bond donors (Lipinski definition) is 0. The quantitative estimate of drug-likeness (QED) is 0.627. The van der Waals surface area contributed by atoms with Crippen LogP contribution in [0.4, 0.5) is 0 Å². The zero-order valence-electron chi connectivity index (χ0n) is 10.8. The van der Waals surface area contributed by atoms with Crippen LogP contribution in [-0.2, 0) is 16.6 Å². The van der Waals surface area contributed by atoms with Gasteiger partial charge in [0.15, 0.2) is 0 Å². The Morgan fingerprint density at radius 2 is 2.17 bits per heavy atom. The second-order valence-corrected chi connectivity index (χ2v) is 5.52. The van der Waals surface area contributed by atoms with E-state index in [0.717, 1.165) is 4.90 Å². The molecule has 1 aromatic heterocycles. The van der Waals surface area contributed by atoms with Gasteiger partial charge in [-0.25, -0.2) is 0 Å². The summed E-state index contributed by atoms with van der Waals surface area (Å²) in [6.45, 7) is 4.14. The van der Waals surface area contributed by atoms with Gasteiger partial charge >= 0.3 is 5.97 Å². The minimum absolute atomic E-state index is 0.157. The van der Waals surface area contributed by atoms with Crippen molar-refractivity contribution >= 4 is 28.6 Å². The number of esters is 1. The number of rotatable bonds is 4. The molecular formula is C14H17NO2S. The van der Waals surface area contributed by atoms with Crippen LogP contribution in [0, 0.1) is 0 Å². The van der Waals surface area contributed by atoms with Crippen LogP contribution in [0.15, 0.2) is 35.4 Å². The van der Waals surface area contributed by atoms with Crippen molar-refractivity contribution in [3.63, 3.8) is 0 Å². The fourth-order valence-corrected chi connectivity index (χ4v) is 2.96. The van der Waals surface area contributed by atoms with Gasteiger partial charge in [-0.15, -0.1) is 11.8 Å². The third kappa shape index (κ3) is 2.53. The lowest BCUT2D eigenvalue weighted by molar-refractivity contribution is -0.142. The maximum absolute atomic E-state index is 11.6. The molecule has 0 radical (unpaired) electrons.